The van der Waals surface area contributed by atoms with Crippen LogP contribution < -0.4 is 15.8 Å². The lowest BCUT2D eigenvalue weighted by Gasteiger charge is -2.08. The Hall–Kier alpha value is -2.87. The maximum Gasteiger partial charge on any atom is 0.263 e. The number of anilines is 2. The molecule has 0 fully saturated rings. The van der Waals surface area contributed by atoms with Crippen molar-refractivity contribution in [3.05, 3.63) is 41.4 Å². The molecule has 0 unspecified atom stereocenters. The summed E-state index contributed by atoms with van der Waals surface area (Å²) >= 11 is 5.84. The summed E-state index contributed by atoms with van der Waals surface area (Å²) in [5.41, 5.74) is 6.69. The normalized spacial score (nSPS) is 10.6. The van der Waals surface area contributed by atoms with E-state index < -0.39 is 5.91 Å². The number of halogens is 1. The Morgan fingerprint density at radius 1 is 1.45 bits per heavy atom. The van der Waals surface area contributed by atoms with Gasteiger partial charge in [0.1, 0.15) is 17.0 Å². The molecule has 0 aliphatic heterocycles. The maximum atomic E-state index is 12.5. The van der Waals surface area contributed by atoms with E-state index in [1.54, 1.807) is 12.3 Å². The highest BCUT2D eigenvalue weighted by Gasteiger charge is 2.20. The zero-order valence-electron chi connectivity index (χ0n) is 11.4. The predicted molar refractivity (Wildman–Crippen MR) is 81.2 cm³/mol. The Labute approximate surface area is 129 Å². The van der Waals surface area contributed by atoms with Gasteiger partial charge in [0.25, 0.3) is 5.91 Å². The molecule has 3 N–H and O–H groups in total. The third-order valence-corrected chi connectivity index (χ3v) is 3.14. The van der Waals surface area contributed by atoms with Crippen molar-refractivity contribution in [1.29, 1.82) is 0 Å². The lowest BCUT2D eigenvalue weighted by atomic mass is 10.2. The number of ether oxygens (including phenoxy) is 1. The summed E-state index contributed by atoms with van der Waals surface area (Å²) in [7, 11) is 1.50. The molecule has 112 valence electrons. The monoisotopic (exact) mass is 318 g/mol. The molecule has 0 bridgehead atoms. The summed E-state index contributed by atoms with van der Waals surface area (Å²) in [5, 5.41) is 7.08. The number of fused-ring (bicyclic) bond motifs is 1. The van der Waals surface area contributed by atoms with Gasteiger partial charge in [-0.15, -0.1) is 5.10 Å². The highest BCUT2D eigenvalue weighted by atomic mass is 35.5. The quantitative estimate of drug-likeness (QED) is 0.759. The lowest BCUT2D eigenvalue weighted by molar-refractivity contribution is 0.102. The number of carbonyl (C=O) groups is 1. The molecule has 0 aliphatic carbocycles. The zero-order chi connectivity index (χ0) is 15.7. The molecule has 22 heavy (non-hydrogen) atoms. The first kappa shape index (κ1) is 14.1. The van der Waals surface area contributed by atoms with E-state index in [1.807, 2.05) is 0 Å². The fraction of sp³-hybridized carbons (Fsp3) is 0.0769. The minimum absolute atomic E-state index is 0.0510. The van der Waals surface area contributed by atoms with E-state index in [0.29, 0.717) is 22.1 Å². The number of amides is 1. The summed E-state index contributed by atoms with van der Waals surface area (Å²) in [6.07, 6.45) is 5.96. The third kappa shape index (κ3) is 2.40. The van der Waals surface area contributed by atoms with Gasteiger partial charge in [-0.25, -0.2) is 9.50 Å². The smallest absolute Gasteiger partial charge is 0.263 e. The second-order valence-corrected chi connectivity index (χ2v) is 4.77. The van der Waals surface area contributed by atoms with Crippen molar-refractivity contribution >= 4 is 34.7 Å². The van der Waals surface area contributed by atoms with Crippen molar-refractivity contribution in [2.45, 2.75) is 0 Å². The van der Waals surface area contributed by atoms with Crippen molar-refractivity contribution in [1.82, 2.24) is 19.6 Å². The molecule has 1 amide bonds. The number of rotatable bonds is 3. The summed E-state index contributed by atoms with van der Waals surface area (Å²) in [6.45, 7) is 0. The summed E-state index contributed by atoms with van der Waals surface area (Å²) in [4.78, 5) is 20.5. The number of nitrogen functional groups attached to an aromatic ring is 1. The third-order valence-electron chi connectivity index (χ3n) is 2.94. The van der Waals surface area contributed by atoms with E-state index >= 15 is 0 Å². The minimum atomic E-state index is -0.464. The van der Waals surface area contributed by atoms with Gasteiger partial charge in [-0.05, 0) is 0 Å². The first-order valence-corrected chi connectivity index (χ1v) is 6.56. The summed E-state index contributed by atoms with van der Waals surface area (Å²) in [5.74, 6) is 0.0677. The van der Waals surface area contributed by atoms with Gasteiger partial charge < -0.3 is 15.8 Å². The van der Waals surface area contributed by atoms with Gasteiger partial charge in [0, 0.05) is 18.5 Å². The Kier molecular flexibility index (Phi) is 3.51. The molecule has 0 saturated heterocycles. The van der Waals surface area contributed by atoms with Crippen LogP contribution in [-0.4, -0.2) is 32.6 Å². The first-order chi connectivity index (χ1) is 10.6. The molecular formula is C13H11ClN6O2. The highest BCUT2D eigenvalue weighted by molar-refractivity contribution is 6.30. The average Bonchev–Trinajstić information content (AvgIpc) is 2.82. The highest BCUT2D eigenvalue weighted by Crippen LogP contribution is 2.24. The standard InChI is InChI=1S/C13H11ClN6O2/c1-22-9-2-3-16-5-8(9)18-13(21)10-11(15)19-20-6-7(14)4-17-12(10)20/h2-6H,1H3,(H2,15,19)(H,18,21). The van der Waals surface area contributed by atoms with Crippen LogP contribution in [0.25, 0.3) is 5.65 Å². The molecule has 0 saturated carbocycles. The molecule has 0 spiro atoms. The summed E-state index contributed by atoms with van der Waals surface area (Å²) < 4.78 is 6.51. The van der Waals surface area contributed by atoms with Crippen molar-refractivity contribution in [2.75, 3.05) is 18.2 Å². The van der Waals surface area contributed by atoms with Crippen LogP contribution in [0.1, 0.15) is 10.4 Å². The molecule has 3 heterocycles. The van der Waals surface area contributed by atoms with E-state index in [9.17, 15) is 4.79 Å². The number of hydrogen-bond donors (Lipinski definition) is 2. The predicted octanol–water partition coefficient (Wildman–Crippen LogP) is 1.62. The van der Waals surface area contributed by atoms with Crippen molar-refractivity contribution in [2.24, 2.45) is 0 Å². The van der Waals surface area contributed by atoms with Crippen molar-refractivity contribution in [3.63, 3.8) is 0 Å². The van der Waals surface area contributed by atoms with E-state index in [-0.39, 0.29) is 11.4 Å². The fourth-order valence-corrected chi connectivity index (χ4v) is 2.13. The molecule has 0 radical (unpaired) electrons. The molecule has 0 atom stereocenters. The number of nitrogens with zero attached hydrogens (tertiary/aromatic N) is 4. The fourth-order valence-electron chi connectivity index (χ4n) is 1.99. The van der Waals surface area contributed by atoms with Gasteiger partial charge in [-0.1, -0.05) is 11.6 Å². The van der Waals surface area contributed by atoms with Gasteiger partial charge in [-0.2, -0.15) is 0 Å². The zero-order valence-corrected chi connectivity index (χ0v) is 12.2. The number of nitrogens with two attached hydrogens (primary N) is 1. The molecule has 3 rings (SSSR count). The molecule has 0 aliphatic rings. The maximum absolute atomic E-state index is 12.5. The van der Waals surface area contributed by atoms with Crippen LogP contribution in [0.5, 0.6) is 5.75 Å². The topological polar surface area (TPSA) is 107 Å². The second-order valence-electron chi connectivity index (χ2n) is 4.33. The van der Waals surface area contributed by atoms with Crippen LogP contribution in [-0.2, 0) is 0 Å². The Morgan fingerprint density at radius 3 is 3.05 bits per heavy atom. The molecule has 3 aromatic rings. The Balaban J connectivity index is 2.00. The van der Waals surface area contributed by atoms with Crippen LogP contribution in [0.3, 0.4) is 0 Å². The number of aromatic nitrogens is 4. The first-order valence-electron chi connectivity index (χ1n) is 6.19. The minimum Gasteiger partial charge on any atom is -0.494 e. The van der Waals surface area contributed by atoms with Crippen LogP contribution >= 0.6 is 11.6 Å². The number of carbonyl (C=O) groups excluding carboxylic acids is 1. The van der Waals surface area contributed by atoms with E-state index in [4.69, 9.17) is 22.1 Å². The molecule has 9 heteroatoms. The summed E-state index contributed by atoms with van der Waals surface area (Å²) in [6, 6.07) is 1.63. The van der Waals surface area contributed by atoms with Gasteiger partial charge in [0.15, 0.2) is 11.5 Å². The van der Waals surface area contributed by atoms with Gasteiger partial charge in [0.05, 0.1) is 24.5 Å². The molecule has 8 nitrogen and oxygen atoms in total. The number of hydrogen-bond acceptors (Lipinski definition) is 6. The van der Waals surface area contributed by atoms with Gasteiger partial charge >= 0.3 is 0 Å². The van der Waals surface area contributed by atoms with Crippen LogP contribution in [0.15, 0.2) is 30.9 Å². The van der Waals surface area contributed by atoms with E-state index in [1.165, 1.54) is 30.2 Å². The largest absolute Gasteiger partial charge is 0.494 e. The lowest BCUT2D eigenvalue weighted by Crippen LogP contribution is -2.14. The Bertz CT molecular complexity index is 863. The van der Waals surface area contributed by atoms with Crippen LogP contribution in [0.4, 0.5) is 11.5 Å². The SMILES string of the molecule is COc1ccncc1NC(=O)c1c(N)nn2cc(Cl)cnc12. The molecule has 0 aromatic carbocycles. The average molecular weight is 319 g/mol. The molecule has 3 aromatic heterocycles. The number of nitrogens with one attached hydrogen (secondary N) is 1. The van der Waals surface area contributed by atoms with E-state index in [2.05, 4.69) is 20.4 Å². The van der Waals surface area contributed by atoms with Crippen LogP contribution in [0.2, 0.25) is 5.02 Å². The van der Waals surface area contributed by atoms with Crippen LogP contribution in [0, 0.1) is 0 Å². The van der Waals surface area contributed by atoms with Crippen molar-refractivity contribution in [3.8, 4) is 5.75 Å². The number of methoxy groups -OCH3 is 1. The second kappa shape index (κ2) is 5.49. The number of pyridine rings is 1. The van der Waals surface area contributed by atoms with Gasteiger partial charge in [0.2, 0.25) is 0 Å². The van der Waals surface area contributed by atoms with Crippen molar-refractivity contribution < 1.29 is 9.53 Å². The molecular weight excluding hydrogens is 308 g/mol. The van der Waals surface area contributed by atoms with Gasteiger partial charge in [-0.3, -0.25) is 9.78 Å². The Morgan fingerprint density at radius 2 is 2.27 bits per heavy atom. The van der Waals surface area contributed by atoms with E-state index in [0.717, 1.165) is 0 Å².